The fourth-order valence-corrected chi connectivity index (χ4v) is 1.80. The van der Waals surface area contributed by atoms with E-state index in [1.807, 2.05) is 0 Å². The second kappa shape index (κ2) is 5.03. The van der Waals surface area contributed by atoms with Gasteiger partial charge in [0, 0.05) is 6.42 Å². The highest BCUT2D eigenvalue weighted by atomic mass is 16.4. The van der Waals surface area contributed by atoms with Crippen LogP contribution in [0.1, 0.15) is 42.0 Å². The van der Waals surface area contributed by atoms with Gasteiger partial charge in [-0.1, -0.05) is 6.42 Å². The lowest BCUT2D eigenvalue weighted by atomic mass is 9.83. The molecular weight excluding hydrogens is 222 g/mol. The zero-order chi connectivity index (χ0) is 12.3. The standard InChI is InChI=1S/C12H15NO4/c14-11(6-8-2-1-3-8)13-7-9-4-5-10(17-9)12(15)16/h4-5,8H,1-3,6-7H2,(H,13,14)(H,15,16). The fraction of sp³-hybridized carbons (Fsp3) is 0.500. The molecule has 0 bridgehead atoms. The minimum atomic E-state index is -1.10. The molecule has 0 radical (unpaired) electrons. The largest absolute Gasteiger partial charge is 0.475 e. The van der Waals surface area contributed by atoms with Crippen LogP contribution in [0.3, 0.4) is 0 Å². The molecule has 1 aromatic rings. The van der Waals surface area contributed by atoms with Crippen LogP contribution in [0.5, 0.6) is 0 Å². The highest BCUT2D eigenvalue weighted by molar-refractivity contribution is 5.84. The first-order valence-corrected chi connectivity index (χ1v) is 5.74. The number of amides is 1. The second-order valence-corrected chi connectivity index (χ2v) is 4.35. The molecule has 1 aliphatic rings. The van der Waals surface area contributed by atoms with Crippen LogP contribution in [0, 0.1) is 5.92 Å². The molecule has 2 N–H and O–H groups in total. The Labute approximate surface area is 98.8 Å². The molecule has 92 valence electrons. The molecule has 0 unspecified atom stereocenters. The number of hydrogen-bond acceptors (Lipinski definition) is 3. The smallest absolute Gasteiger partial charge is 0.371 e. The average Bonchev–Trinajstić information content (AvgIpc) is 2.69. The highest BCUT2D eigenvalue weighted by Gasteiger charge is 2.20. The van der Waals surface area contributed by atoms with Crippen molar-refractivity contribution in [2.75, 3.05) is 0 Å². The van der Waals surface area contributed by atoms with Gasteiger partial charge in [-0.15, -0.1) is 0 Å². The van der Waals surface area contributed by atoms with Crippen LogP contribution in [0.4, 0.5) is 0 Å². The van der Waals surface area contributed by atoms with Gasteiger partial charge >= 0.3 is 5.97 Å². The molecule has 0 spiro atoms. The predicted molar refractivity (Wildman–Crippen MR) is 59.5 cm³/mol. The topological polar surface area (TPSA) is 79.5 Å². The summed E-state index contributed by atoms with van der Waals surface area (Å²) in [5.41, 5.74) is 0. The van der Waals surface area contributed by atoms with Gasteiger partial charge in [-0.3, -0.25) is 4.79 Å². The summed E-state index contributed by atoms with van der Waals surface area (Å²) in [6, 6.07) is 2.95. The summed E-state index contributed by atoms with van der Waals surface area (Å²) < 4.78 is 5.03. The Hall–Kier alpha value is -1.78. The summed E-state index contributed by atoms with van der Waals surface area (Å²) in [7, 11) is 0. The van der Waals surface area contributed by atoms with Crippen molar-refractivity contribution in [3.63, 3.8) is 0 Å². The Balaban J connectivity index is 1.76. The number of carbonyl (C=O) groups excluding carboxylic acids is 1. The highest BCUT2D eigenvalue weighted by Crippen LogP contribution is 2.29. The minimum absolute atomic E-state index is 0.00275. The molecule has 1 aromatic heterocycles. The van der Waals surface area contributed by atoms with E-state index in [-0.39, 0.29) is 18.2 Å². The van der Waals surface area contributed by atoms with E-state index in [2.05, 4.69) is 5.32 Å². The molecule has 1 fully saturated rings. The van der Waals surface area contributed by atoms with E-state index in [4.69, 9.17) is 9.52 Å². The van der Waals surface area contributed by atoms with Crippen LogP contribution in [0.15, 0.2) is 16.5 Å². The van der Waals surface area contributed by atoms with Gasteiger partial charge in [-0.25, -0.2) is 4.79 Å². The van der Waals surface area contributed by atoms with E-state index < -0.39 is 5.97 Å². The van der Waals surface area contributed by atoms with E-state index in [1.54, 1.807) is 6.07 Å². The van der Waals surface area contributed by atoms with Crippen LogP contribution < -0.4 is 5.32 Å². The number of nitrogens with one attached hydrogen (secondary N) is 1. The Kier molecular flexibility index (Phi) is 3.46. The lowest BCUT2D eigenvalue weighted by Crippen LogP contribution is -2.27. The number of carboxylic acids is 1. The van der Waals surface area contributed by atoms with E-state index in [0.29, 0.717) is 18.1 Å². The lowest BCUT2D eigenvalue weighted by molar-refractivity contribution is -0.122. The second-order valence-electron chi connectivity index (χ2n) is 4.35. The molecule has 0 saturated heterocycles. The molecule has 0 aliphatic heterocycles. The number of furan rings is 1. The maximum Gasteiger partial charge on any atom is 0.371 e. The number of carboxylic acid groups (broad SMARTS) is 1. The van der Waals surface area contributed by atoms with E-state index in [0.717, 1.165) is 12.8 Å². The Morgan fingerprint density at radius 3 is 2.71 bits per heavy atom. The van der Waals surface area contributed by atoms with Crippen molar-refractivity contribution in [2.24, 2.45) is 5.92 Å². The van der Waals surface area contributed by atoms with Gasteiger partial charge < -0.3 is 14.8 Å². The van der Waals surface area contributed by atoms with Crippen LogP contribution in [0.2, 0.25) is 0 Å². The zero-order valence-corrected chi connectivity index (χ0v) is 9.44. The molecule has 1 aliphatic carbocycles. The molecule has 1 heterocycles. The van der Waals surface area contributed by atoms with Crippen molar-refractivity contribution in [3.05, 3.63) is 23.7 Å². The van der Waals surface area contributed by atoms with Crippen molar-refractivity contribution in [1.82, 2.24) is 5.32 Å². The molecule has 5 heteroatoms. The molecule has 2 rings (SSSR count). The minimum Gasteiger partial charge on any atom is -0.475 e. The molecule has 0 aromatic carbocycles. The predicted octanol–water partition coefficient (Wildman–Crippen LogP) is 1.78. The summed E-state index contributed by atoms with van der Waals surface area (Å²) in [6.45, 7) is 0.249. The fourth-order valence-electron chi connectivity index (χ4n) is 1.80. The lowest BCUT2D eigenvalue weighted by Gasteiger charge is -2.24. The Morgan fingerprint density at radius 1 is 1.41 bits per heavy atom. The van der Waals surface area contributed by atoms with Crippen LogP contribution >= 0.6 is 0 Å². The third-order valence-electron chi connectivity index (χ3n) is 3.03. The van der Waals surface area contributed by atoms with E-state index in [9.17, 15) is 9.59 Å². The molecule has 1 saturated carbocycles. The van der Waals surface area contributed by atoms with E-state index in [1.165, 1.54) is 12.5 Å². The molecule has 17 heavy (non-hydrogen) atoms. The summed E-state index contributed by atoms with van der Waals surface area (Å²) in [5.74, 6) is -0.209. The summed E-state index contributed by atoms with van der Waals surface area (Å²) >= 11 is 0. The van der Waals surface area contributed by atoms with Crippen molar-refractivity contribution in [3.8, 4) is 0 Å². The van der Waals surface area contributed by atoms with Gasteiger partial charge in [0.2, 0.25) is 11.7 Å². The molecule has 5 nitrogen and oxygen atoms in total. The van der Waals surface area contributed by atoms with Gasteiger partial charge in [-0.2, -0.15) is 0 Å². The first-order chi connectivity index (χ1) is 8.15. The number of hydrogen-bond donors (Lipinski definition) is 2. The van der Waals surface area contributed by atoms with Crippen molar-refractivity contribution >= 4 is 11.9 Å². The first-order valence-electron chi connectivity index (χ1n) is 5.74. The summed E-state index contributed by atoms with van der Waals surface area (Å²) in [5, 5.41) is 11.4. The van der Waals surface area contributed by atoms with Gasteiger partial charge in [0.15, 0.2) is 0 Å². The molecule has 1 amide bonds. The third-order valence-corrected chi connectivity index (χ3v) is 3.03. The molecular formula is C12H15NO4. The number of carbonyl (C=O) groups is 2. The van der Waals surface area contributed by atoms with Crippen LogP contribution in [0.25, 0.3) is 0 Å². The van der Waals surface area contributed by atoms with E-state index >= 15 is 0 Å². The Morgan fingerprint density at radius 2 is 2.18 bits per heavy atom. The third kappa shape index (κ3) is 3.09. The zero-order valence-electron chi connectivity index (χ0n) is 9.44. The van der Waals surface area contributed by atoms with Crippen LogP contribution in [-0.2, 0) is 11.3 Å². The van der Waals surface area contributed by atoms with Gasteiger partial charge in [0.25, 0.3) is 0 Å². The quantitative estimate of drug-likeness (QED) is 0.818. The van der Waals surface area contributed by atoms with Crippen molar-refractivity contribution in [1.29, 1.82) is 0 Å². The van der Waals surface area contributed by atoms with Gasteiger partial charge in [0.05, 0.1) is 6.54 Å². The first kappa shape index (κ1) is 11.7. The van der Waals surface area contributed by atoms with Crippen LogP contribution in [-0.4, -0.2) is 17.0 Å². The SMILES string of the molecule is O=C(CC1CCC1)NCc1ccc(C(=O)O)o1. The van der Waals surface area contributed by atoms with Gasteiger partial charge in [0.1, 0.15) is 5.76 Å². The Bertz CT molecular complexity index is 420. The van der Waals surface area contributed by atoms with Gasteiger partial charge in [-0.05, 0) is 30.9 Å². The number of aromatic carboxylic acids is 1. The molecule has 0 atom stereocenters. The van der Waals surface area contributed by atoms with Crippen molar-refractivity contribution < 1.29 is 19.1 Å². The van der Waals surface area contributed by atoms with Crippen molar-refractivity contribution in [2.45, 2.75) is 32.2 Å². The summed E-state index contributed by atoms with van der Waals surface area (Å²) in [6.07, 6.45) is 4.05. The maximum absolute atomic E-state index is 11.5. The number of rotatable bonds is 5. The monoisotopic (exact) mass is 237 g/mol. The average molecular weight is 237 g/mol. The maximum atomic E-state index is 11.5. The normalized spacial score (nSPS) is 15.3. The summed E-state index contributed by atoms with van der Waals surface area (Å²) in [4.78, 5) is 22.1.